The Bertz CT molecular complexity index is 1210. The number of benzene rings is 1. The van der Waals surface area contributed by atoms with Crippen LogP contribution in [0.25, 0.3) is 21.7 Å². The van der Waals surface area contributed by atoms with Crippen LogP contribution in [0.1, 0.15) is 44.1 Å². The summed E-state index contributed by atoms with van der Waals surface area (Å²) < 4.78 is 2.93. The molecule has 3 heterocycles. The van der Waals surface area contributed by atoms with Gasteiger partial charge in [0.1, 0.15) is 17.8 Å². The molecule has 0 saturated heterocycles. The quantitative estimate of drug-likeness (QED) is 0.455. The fourth-order valence-corrected chi connectivity index (χ4v) is 4.44. The summed E-state index contributed by atoms with van der Waals surface area (Å²) in [6, 6.07) is 11.2. The molecule has 0 aliphatic rings. The summed E-state index contributed by atoms with van der Waals surface area (Å²) in [6.45, 7) is 10.1. The average Bonchev–Trinajstić information content (AvgIpc) is 3.41. The Morgan fingerprint density at radius 2 is 1.97 bits per heavy atom. The van der Waals surface area contributed by atoms with Crippen molar-refractivity contribution in [1.82, 2.24) is 24.7 Å². The van der Waals surface area contributed by atoms with Gasteiger partial charge in [-0.1, -0.05) is 17.4 Å². The smallest absolute Gasteiger partial charge is 0.256 e. The summed E-state index contributed by atoms with van der Waals surface area (Å²) >= 11 is 1.60. The van der Waals surface area contributed by atoms with Gasteiger partial charge in [0.05, 0.1) is 10.2 Å². The van der Waals surface area contributed by atoms with E-state index >= 15 is 0 Å². The summed E-state index contributed by atoms with van der Waals surface area (Å²) in [5, 5.41) is 12.0. The first-order chi connectivity index (χ1) is 15.0. The topological polar surface area (TPSA) is 88.8 Å². The summed E-state index contributed by atoms with van der Waals surface area (Å²) in [5.41, 5.74) is 2.13. The zero-order valence-corrected chi connectivity index (χ0v) is 18.8. The number of hydrogen-bond acceptors (Lipinski definition) is 7. The van der Waals surface area contributed by atoms with Crippen molar-refractivity contribution < 1.29 is 4.79 Å². The number of rotatable bonds is 7. The number of amides is 1. The van der Waals surface area contributed by atoms with E-state index in [1.807, 2.05) is 28.8 Å². The van der Waals surface area contributed by atoms with Crippen LogP contribution in [-0.4, -0.2) is 43.7 Å². The van der Waals surface area contributed by atoms with Crippen LogP contribution in [0.15, 0.2) is 42.7 Å². The molecule has 0 atom stereocenters. The molecule has 1 amide bonds. The highest BCUT2D eigenvalue weighted by molar-refractivity contribution is 7.22. The minimum atomic E-state index is -0.213. The second-order valence-corrected chi connectivity index (χ2v) is 8.38. The van der Waals surface area contributed by atoms with Gasteiger partial charge >= 0.3 is 0 Å². The first kappa shape index (κ1) is 20.9. The van der Waals surface area contributed by atoms with Gasteiger partial charge in [-0.25, -0.2) is 9.97 Å². The van der Waals surface area contributed by atoms with Crippen LogP contribution < -0.4 is 10.2 Å². The lowest BCUT2D eigenvalue weighted by atomic mass is 10.2. The first-order valence-corrected chi connectivity index (χ1v) is 11.2. The van der Waals surface area contributed by atoms with Crippen LogP contribution in [0.4, 0.5) is 10.9 Å². The number of nitrogens with one attached hydrogen (secondary N) is 1. The first-order valence-electron chi connectivity index (χ1n) is 10.3. The number of aromatic nitrogens is 5. The van der Waals surface area contributed by atoms with Gasteiger partial charge in [-0.05, 0) is 58.0 Å². The number of hydrogen-bond donors (Lipinski definition) is 1. The molecule has 9 heteroatoms. The fourth-order valence-electron chi connectivity index (χ4n) is 3.30. The van der Waals surface area contributed by atoms with Crippen molar-refractivity contribution in [3.63, 3.8) is 0 Å². The molecule has 31 heavy (non-hydrogen) atoms. The Kier molecular flexibility index (Phi) is 5.94. The van der Waals surface area contributed by atoms with Crippen LogP contribution in [0, 0.1) is 0 Å². The third kappa shape index (κ3) is 4.27. The SMILES string of the molecule is CCN(CC)c1nc2ccc(C(=O)Nc3cccc(-c4nncn4C(C)C)n3)cc2s1. The van der Waals surface area contributed by atoms with Crippen LogP contribution >= 0.6 is 11.3 Å². The minimum absolute atomic E-state index is 0.206. The van der Waals surface area contributed by atoms with Gasteiger partial charge in [-0.3, -0.25) is 4.79 Å². The third-order valence-corrected chi connectivity index (χ3v) is 6.10. The van der Waals surface area contributed by atoms with Crippen molar-refractivity contribution in [1.29, 1.82) is 0 Å². The number of nitrogens with zero attached hydrogens (tertiary/aromatic N) is 6. The second kappa shape index (κ2) is 8.81. The molecule has 1 N–H and O–H groups in total. The maximum atomic E-state index is 12.9. The molecule has 1 aromatic carbocycles. The predicted octanol–water partition coefficient (Wildman–Crippen LogP) is 4.63. The highest BCUT2D eigenvalue weighted by Crippen LogP contribution is 2.29. The van der Waals surface area contributed by atoms with Gasteiger partial charge in [0.2, 0.25) is 0 Å². The van der Waals surface area contributed by atoms with Crippen molar-refractivity contribution in [2.75, 3.05) is 23.3 Å². The standard InChI is InChI=1S/C22H25N7OS/c1-5-28(6-2)22-25-16-11-10-15(12-18(16)31-22)21(30)26-19-9-7-8-17(24-19)20-27-23-13-29(20)14(3)4/h7-14H,5-6H2,1-4H3,(H,24,26,30). The van der Waals surface area contributed by atoms with E-state index in [1.165, 1.54) is 0 Å². The zero-order valence-electron chi connectivity index (χ0n) is 18.0. The monoisotopic (exact) mass is 435 g/mol. The normalized spacial score (nSPS) is 11.3. The number of carbonyl (C=O) groups is 1. The van der Waals surface area contributed by atoms with Gasteiger partial charge in [-0.2, -0.15) is 0 Å². The maximum Gasteiger partial charge on any atom is 0.256 e. The minimum Gasteiger partial charge on any atom is -0.349 e. The Balaban J connectivity index is 1.57. The summed E-state index contributed by atoms with van der Waals surface area (Å²) in [4.78, 5) is 24.3. The lowest BCUT2D eigenvalue weighted by molar-refractivity contribution is 0.102. The van der Waals surface area contributed by atoms with Gasteiger partial charge in [-0.15, -0.1) is 10.2 Å². The zero-order chi connectivity index (χ0) is 22.0. The molecule has 4 rings (SSSR count). The van der Waals surface area contributed by atoms with Crippen molar-refractivity contribution >= 4 is 38.4 Å². The Labute approximate surface area is 185 Å². The molecule has 8 nitrogen and oxygen atoms in total. The molecule has 4 aromatic rings. The van der Waals surface area contributed by atoms with Gasteiger partial charge in [0.15, 0.2) is 11.0 Å². The lowest BCUT2D eigenvalue weighted by Gasteiger charge is -2.16. The molecule has 0 fully saturated rings. The van der Waals surface area contributed by atoms with Gasteiger partial charge < -0.3 is 14.8 Å². The maximum absolute atomic E-state index is 12.9. The second-order valence-electron chi connectivity index (χ2n) is 7.37. The largest absolute Gasteiger partial charge is 0.349 e. The highest BCUT2D eigenvalue weighted by atomic mass is 32.1. The third-order valence-electron chi connectivity index (χ3n) is 5.02. The van der Waals surface area contributed by atoms with E-state index < -0.39 is 0 Å². The molecule has 160 valence electrons. The Morgan fingerprint density at radius 3 is 2.71 bits per heavy atom. The fraction of sp³-hybridized carbons (Fsp3) is 0.318. The molecule has 0 saturated carbocycles. The Morgan fingerprint density at radius 1 is 1.16 bits per heavy atom. The van der Waals surface area contributed by atoms with Gasteiger partial charge in [0, 0.05) is 24.7 Å². The van der Waals surface area contributed by atoms with E-state index in [4.69, 9.17) is 0 Å². The van der Waals surface area contributed by atoms with Crippen LogP contribution in [0.5, 0.6) is 0 Å². The van der Waals surface area contributed by atoms with E-state index in [-0.39, 0.29) is 11.9 Å². The Hall–Kier alpha value is -3.33. The van der Waals surface area contributed by atoms with E-state index in [9.17, 15) is 4.79 Å². The number of anilines is 2. The number of fused-ring (bicyclic) bond motifs is 1. The molecule has 0 spiro atoms. The molecule has 0 bridgehead atoms. The highest BCUT2D eigenvalue weighted by Gasteiger charge is 2.15. The molecular weight excluding hydrogens is 410 g/mol. The summed E-state index contributed by atoms with van der Waals surface area (Å²) in [7, 11) is 0. The predicted molar refractivity (Wildman–Crippen MR) is 125 cm³/mol. The summed E-state index contributed by atoms with van der Waals surface area (Å²) in [5.74, 6) is 0.921. The molecule has 0 aliphatic carbocycles. The van der Waals surface area contributed by atoms with Crippen molar-refractivity contribution in [2.45, 2.75) is 33.7 Å². The molecule has 0 radical (unpaired) electrons. The average molecular weight is 436 g/mol. The number of pyridine rings is 1. The van der Waals surface area contributed by atoms with Crippen LogP contribution in [0.3, 0.4) is 0 Å². The molecule has 0 aliphatic heterocycles. The van der Waals surface area contributed by atoms with E-state index in [1.54, 1.807) is 29.8 Å². The molecule has 0 unspecified atom stereocenters. The van der Waals surface area contributed by atoms with Crippen molar-refractivity contribution in [3.8, 4) is 11.5 Å². The lowest BCUT2D eigenvalue weighted by Crippen LogP contribution is -2.21. The number of thiazole rings is 1. The van der Waals surface area contributed by atoms with E-state index in [0.29, 0.717) is 22.9 Å². The molecular formula is C22H25N7OS. The van der Waals surface area contributed by atoms with Gasteiger partial charge in [0.25, 0.3) is 5.91 Å². The van der Waals surface area contributed by atoms with Crippen molar-refractivity contribution in [3.05, 3.63) is 48.3 Å². The summed E-state index contributed by atoms with van der Waals surface area (Å²) in [6.07, 6.45) is 1.68. The van der Waals surface area contributed by atoms with Crippen LogP contribution in [0.2, 0.25) is 0 Å². The van der Waals surface area contributed by atoms with E-state index in [2.05, 4.69) is 58.1 Å². The van der Waals surface area contributed by atoms with Crippen molar-refractivity contribution in [2.24, 2.45) is 0 Å². The van der Waals surface area contributed by atoms with E-state index in [0.717, 1.165) is 28.4 Å². The number of carbonyl (C=O) groups excluding carboxylic acids is 1. The van der Waals surface area contributed by atoms with Crippen LogP contribution in [-0.2, 0) is 0 Å². The molecule has 3 aromatic heterocycles.